The predicted molar refractivity (Wildman–Crippen MR) is 77.7 cm³/mol. The molecule has 2 aromatic heterocycles. The summed E-state index contributed by atoms with van der Waals surface area (Å²) in [7, 11) is 0. The van der Waals surface area contributed by atoms with Crippen molar-refractivity contribution in [3.05, 3.63) is 78.3 Å². The molecule has 0 amide bonds. The van der Waals surface area contributed by atoms with E-state index in [1.807, 2.05) is 54.7 Å². The number of benzene rings is 1. The van der Waals surface area contributed by atoms with E-state index in [2.05, 4.69) is 22.4 Å². The molecule has 2 heterocycles. The van der Waals surface area contributed by atoms with Crippen LogP contribution in [-0.2, 0) is 13.1 Å². The molecule has 2 N–H and O–H groups in total. The Hall–Kier alpha value is -2.39. The minimum Gasteiger partial charge on any atom is -0.455 e. The van der Waals surface area contributed by atoms with Crippen LogP contribution >= 0.6 is 0 Å². The van der Waals surface area contributed by atoms with Crippen LogP contribution in [0.3, 0.4) is 0 Å². The first-order chi connectivity index (χ1) is 9.92. The summed E-state index contributed by atoms with van der Waals surface area (Å²) in [6, 6.07) is 20.2. The van der Waals surface area contributed by atoms with Gasteiger partial charge in [0.1, 0.15) is 18.8 Å². The van der Waals surface area contributed by atoms with Gasteiger partial charge in [-0.3, -0.25) is 4.98 Å². The fraction of sp³-hybridized carbons (Fsp3) is 0.118. The molecular weight excluding hydrogens is 248 g/mol. The minimum atomic E-state index is 0.823. The normalized spacial score (nSPS) is 10.6. The van der Waals surface area contributed by atoms with E-state index in [0.717, 1.165) is 35.9 Å². The zero-order chi connectivity index (χ0) is 13.6. The van der Waals surface area contributed by atoms with Crippen molar-refractivity contribution in [3.63, 3.8) is 0 Å². The highest BCUT2D eigenvalue weighted by Gasteiger charge is 2.05. The highest BCUT2D eigenvalue weighted by molar-refractivity contribution is 5.57. The van der Waals surface area contributed by atoms with Gasteiger partial charge in [-0.25, -0.2) is 0 Å². The summed E-state index contributed by atoms with van der Waals surface area (Å²) >= 11 is 0. The summed E-state index contributed by atoms with van der Waals surface area (Å²) in [6.07, 6.45) is 1.82. The molecule has 0 aliphatic rings. The second-order valence-corrected chi connectivity index (χ2v) is 4.65. The summed E-state index contributed by atoms with van der Waals surface area (Å²) in [4.78, 5) is 4.30. The van der Waals surface area contributed by atoms with Crippen LogP contribution in [-0.4, -0.2) is 4.98 Å². The summed E-state index contributed by atoms with van der Waals surface area (Å²) < 4.78 is 5.86. The number of furan rings is 1. The maximum atomic E-state index is 5.86. The van der Waals surface area contributed by atoms with Gasteiger partial charge in [-0.2, -0.15) is 0 Å². The van der Waals surface area contributed by atoms with Gasteiger partial charge in [0.2, 0.25) is 0 Å². The van der Waals surface area contributed by atoms with Gasteiger partial charge < -0.3 is 9.73 Å². The van der Waals surface area contributed by atoms with Crippen LogP contribution in [0.4, 0.5) is 0 Å². The van der Waals surface area contributed by atoms with Gasteiger partial charge >= 0.3 is 0 Å². The second kappa shape index (κ2) is 6.17. The molecule has 3 aromatic rings. The summed E-state index contributed by atoms with van der Waals surface area (Å²) in [5, 5.41) is 2.19. The van der Waals surface area contributed by atoms with Crippen LogP contribution in [0, 0.1) is 0 Å². The Bertz CT molecular complexity index is 647. The van der Waals surface area contributed by atoms with Crippen molar-refractivity contribution in [2.75, 3.05) is 0 Å². The summed E-state index contributed by atoms with van der Waals surface area (Å²) in [5.74, 6) is 1.91. The van der Waals surface area contributed by atoms with E-state index >= 15 is 0 Å². The molecule has 0 saturated heterocycles. The van der Waals surface area contributed by atoms with Crippen molar-refractivity contribution in [1.82, 2.24) is 4.98 Å². The smallest absolute Gasteiger partial charge is 0.158 e. The van der Waals surface area contributed by atoms with Crippen LogP contribution in [0.2, 0.25) is 0 Å². The Balaban J connectivity index is 1.58. The van der Waals surface area contributed by atoms with Crippen LogP contribution in [0.5, 0.6) is 0 Å². The Labute approximate surface area is 118 Å². The largest absolute Gasteiger partial charge is 0.455 e. The van der Waals surface area contributed by atoms with Crippen LogP contribution in [0.25, 0.3) is 11.3 Å². The van der Waals surface area contributed by atoms with E-state index in [1.165, 1.54) is 0 Å². The van der Waals surface area contributed by atoms with Crippen LogP contribution in [0.1, 0.15) is 11.5 Å². The fourth-order valence-electron chi connectivity index (χ4n) is 2.13. The van der Waals surface area contributed by atoms with E-state index in [1.54, 1.807) is 0 Å². The van der Waals surface area contributed by atoms with E-state index in [4.69, 9.17) is 4.42 Å². The van der Waals surface area contributed by atoms with Crippen LogP contribution in [0.15, 0.2) is 71.3 Å². The number of nitrogens with zero attached hydrogens (tertiary/aromatic N) is 1. The molecule has 0 atom stereocenters. The average Bonchev–Trinajstić information content (AvgIpc) is 2.98. The maximum absolute atomic E-state index is 5.86. The predicted octanol–water partition coefficient (Wildman–Crippen LogP) is 2.61. The van der Waals surface area contributed by atoms with Crippen molar-refractivity contribution in [1.29, 1.82) is 0 Å². The number of nitrogens with two attached hydrogens (primary N) is 1. The molecule has 0 aliphatic carbocycles. The van der Waals surface area contributed by atoms with Gasteiger partial charge in [0.25, 0.3) is 0 Å². The highest BCUT2D eigenvalue weighted by Crippen LogP contribution is 2.21. The number of pyridine rings is 1. The minimum absolute atomic E-state index is 0.823. The Morgan fingerprint density at radius 1 is 0.850 bits per heavy atom. The van der Waals surface area contributed by atoms with Gasteiger partial charge in [0.15, 0.2) is 5.76 Å². The lowest BCUT2D eigenvalue weighted by atomic mass is 10.2. The molecule has 0 radical (unpaired) electrons. The van der Waals surface area contributed by atoms with Crippen LogP contribution < -0.4 is 5.32 Å². The van der Waals surface area contributed by atoms with Gasteiger partial charge in [-0.1, -0.05) is 36.4 Å². The number of aromatic nitrogens is 1. The van der Waals surface area contributed by atoms with Crippen molar-refractivity contribution < 1.29 is 9.73 Å². The second-order valence-electron chi connectivity index (χ2n) is 4.65. The lowest BCUT2D eigenvalue weighted by molar-refractivity contribution is -0.688. The molecule has 3 rings (SSSR count). The maximum Gasteiger partial charge on any atom is 0.158 e. The zero-order valence-electron chi connectivity index (χ0n) is 11.2. The van der Waals surface area contributed by atoms with Crippen molar-refractivity contribution in [3.8, 4) is 11.3 Å². The molecule has 0 aliphatic heterocycles. The Morgan fingerprint density at radius 2 is 1.70 bits per heavy atom. The molecule has 0 spiro atoms. The molecule has 100 valence electrons. The number of rotatable bonds is 5. The zero-order valence-corrected chi connectivity index (χ0v) is 11.2. The number of hydrogen-bond acceptors (Lipinski definition) is 2. The van der Waals surface area contributed by atoms with Crippen molar-refractivity contribution in [2.45, 2.75) is 13.1 Å². The van der Waals surface area contributed by atoms with E-state index in [0.29, 0.717) is 0 Å². The third kappa shape index (κ3) is 3.13. The molecule has 1 aromatic carbocycles. The van der Waals surface area contributed by atoms with E-state index in [-0.39, 0.29) is 0 Å². The first kappa shape index (κ1) is 12.6. The molecule has 0 bridgehead atoms. The highest BCUT2D eigenvalue weighted by atomic mass is 16.3. The molecule has 3 heteroatoms. The average molecular weight is 265 g/mol. The van der Waals surface area contributed by atoms with Gasteiger partial charge in [-0.15, -0.1) is 0 Å². The summed E-state index contributed by atoms with van der Waals surface area (Å²) in [5.41, 5.74) is 2.20. The Morgan fingerprint density at radius 3 is 2.50 bits per heavy atom. The molecular formula is C17H17N2O+. The standard InChI is InChI=1S/C17H16N2O/c1-2-6-14(7-3-1)17-10-9-16(20-17)13-18-12-15-8-4-5-11-19-15/h1-11,18H,12-13H2/p+1. The number of quaternary nitrogens is 1. The molecule has 0 saturated carbocycles. The fourth-order valence-corrected chi connectivity index (χ4v) is 2.13. The SMILES string of the molecule is c1ccc(-c2ccc(C[NH2+]Cc3ccccn3)o2)cc1. The molecule has 3 nitrogen and oxygen atoms in total. The summed E-state index contributed by atoms with van der Waals surface area (Å²) in [6.45, 7) is 1.69. The lowest BCUT2D eigenvalue weighted by Crippen LogP contribution is -2.80. The van der Waals surface area contributed by atoms with Gasteiger partial charge in [0, 0.05) is 11.8 Å². The van der Waals surface area contributed by atoms with E-state index < -0.39 is 0 Å². The third-order valence-electron chi connectivity index (χ3n) is 3.15. The Kier molecular flexibility index (Phi) is 3.90. The molecule has 0 unspecified atom stereocenters. The molecule has 20 heavy (non-hydrogen) atoms. The molecule has 0 fully saturated rings. The first-order valence-electron chi connectivity index (χ1n) is 6.77. The van der Waals surface area contributed by atoms with Crippen molar-refractivity contribution in [2.24, 2.45) is 0 Å². The first-order valence-corrected chi connectivity index (χ1v) is 6.77. The lowest BCUT2D eigenvalue weighted by Gasteiger charge is -1.99. The topological polar surface area (TPSA) is 42.6 Å². The van der Waals surface area contributed by atoms with E-state index in [9.17, 15) is 0 Å². The number of hydrogen-bond donors (Lipinski definition) is 1. The van der Waals surface area contributed by atoms with Crippen molar-refractivity contribution >= 4 is 0 Å². The third-order valence-corrected chi connectivity index (χ3v) is 3.15. The quantitative estimate of drug-likeness (QED) is 0.770. The van der Waals surface area contributed by atoms with Gasteiger partial charge in [-0.05, 0) is 24.3 Å². The monoisotopic (exact) mass is 265 g/mol. The van der Waals surface area contributed by atoms with Gasteiger partial charge in [0.05, 0.1) is 5.69 Å².